The smallest absolute Gasteiger partial charge is 0.247 e. The lowest BCUT2D eigenvalue weighted by molar-refractivity contribution is -0.143. The predicted octanol–water partition coefficient (Wildman–Crippen LogP) is 4.16. The van der Waals surface area contributed by atoms with Crippen LogP contribution in [-0.2, 0) is 19.1 Å². The minimum absolute atomic E-state index is 0.0138. The lowest BCUT2D eigenvalue weighted by Crippen LogP contribution is -2.51. The van der Waals surface area contributed by atoms with Crippen LogP contribution in [0.25, 0.3) is 0 Å². The fourth-order valence-corrected chi connectivity index (χ4v) is 4.08. The molecule has 194 valence electrons. The highest BCUT2D eigenvalue weighted by atomic mass is 16.5. The molecule has 3 amide bonds. The summed E-state index contributed by atoms with van der Waals surface area (Å²) < 4.78 is 5.83. The van der Waals surface area contributed by atoms with Crippen molar-refractivity contribution in [1.29, 1.82) is 0 Å². The zero-order chi connectivity index (χ0) is 26.1. The van der Waals surface area contributed by atoms with Crippen LogP contribution in [0.5, 0.6) is 0 Å². The van der Waals surface area contributed by atoms with Crippen molar-refractivity contribution in [3.8, 4) is 0 Å². The molecule has 36 heavy (non-hydrogen) atoms. The summed E-state index contributed by atoms with van der Waals surface area (Å²) in [4.78, 5) is 45.5. The number of anilines is 1. The third kappa shape index (κ3) is 7.88. The van der Waals surface area contributed by atoms with Crippen molar-refractivity contribution in [3.05, 3.63) is 59.8 Å². The second-order valence-corrected chi connectivity index (χ2v) is 9.98. The van der Waals surface area contributed by atoms with Gasteiger partial charge in [0.05, 0.1) is 6.10 Å². The van der Waals surface area contributed by atoms with E-state index in [1.54, 1.807) is 29.3 Å². The molecule has 0 bridgehead atoms. The van der Waals surface area contributed by atoms with Crippen LogP contribution in [0.3, 0.4) is 0 Å². The quantitative estimate of drug-likeness (QED) is 0.489. The number of aryl methyl sites for hydroxylation is 1. The maximum atomic E-state index is 13.7. The number of rotatable bonds is 11. The SMILES string of the molecule is CCC(C)(C)NC(=O)[C@@H](c1ccc(C)cc1)N(C[C@@H]1CCCO1)C(=O)CCC(=O)Nc1ccccn1. The summed E-state index contributed by atoms with van der Waals surface area (Å²) in [5, 5.41) is 5.83. The van der Waals surface area contributed by atoms with Gasteiger partial charge in [0.1, 0.15) is 11.9 Å². The Kier molecular flexibility index (Phi) is 9.58. The zero-order valence-corrected chi connectivity index (χ0v) is 21.8. The molecule has 0 aliphatic carbocycles. The summed E-state index contributed by atoms with van der Waals surface area (Å²) in [6.45, 7) is 8.85. The molecule has 1 fully saturated rings. The molecule has 0 saturated carbocycles. The average Bonchev–Trinajstić information content (AvgIpc) is 3.37. The molecule has 3 rings (SSSR count). The van der Waals surface area contributed by atoms with Crippen LogP contribution >= 0.6 is 0 Å². The first-order valence-corrected chi connectivity index (χ1v) is 12.7. The Labute approximate surface area is 213 Å². The summed E-state index contributed by atoms with van der Waals surface area (Å²) in [6, 6.07) is 12.1. The van der Waals surface area contributed by atoms with Gasteiger partial charge in [-0.15, -0.1) is 0 Å². The third-order valence-electron chi connectivity index (χ3n) is 6.54. The molecule has 1 saturated heterocycles. The molecule has 0 unspecified atom stereocenters. The molecule has 0 spiro atoms. The molecule has 0 radical (unpaired) electrons. The maximum absolute atomic E-state index is 13.7. The van der Waals surface area contributed by atoms with Crippen LogP contribution in [0, 0.1) is 6.92 Å². The Morgan fingerprint density at radius 3 is 2.50 bits per heavy atom. The second-order valence-electron chi connectivity index (χ2n) is 9.98. The monoisotopic (exact) mass is 494 g/mol. The van der Waals surface area contributed by atoms with Gasteiger partial charge in [-0.2, -0.15) is 0 Å². The van der Waals surface area contributed by atoms with Crippen LogP contribution in [0.4, 0.5) is 5.82 Å². The Morgan fingerprint density at radius 2 is 1.89 bits per heavy atom. The summed E-state index contributed by atoms with van der Waals surface area (Å²) >= 11 is 0. The molecular weight excluding hydrogens is 456 g/mol. The highest BCUT2D eigenvalue weighted by Gasteiger charge is 2.36. The highest BCUT2D eigenvalue weighted by molar-refractivity contribution is 5.94. The van der Waals surface area contributed by atoms with Crippen molar-refractivity contribution in [1.82, 2.24) is 15.2 Å². The molecular formula is C28H38N4O4. The van der Waals surface area contributed by atoms with E-state index >= 15 is 0 Å². The molecule has 1 aliphatic heterocycles. The summed E-state index contributed by atoms with van der Waals surface area (Å²) in [5.74, 6) is -0.376. The van der Waals surface area contributed by atoms with Crippen LogP contribution in [-0.4, -0.2) is 52.4 Å². The van der Waals surface area contributed by atoms with E-state index in [1.807, 2.05) is 52.0 Å². The van der Waals surface area contributed by atoms with Crippen molar-refractivity contribution < 1.29 is 19.1 Å². The first-order valence-electron chi connectivity index (χ1n) is 12.7. The van der Waals surface area contributed by atoms with Gasteiger partial charge >= 0.3 is 0 Å². The molecule has 8 nitrogen and oxygen atoms in total. The number of nitrogens with one attached hydrogen (secondary N) is 2. The van der Waals surface area contributed by atoms with E-state index in [0.717, 1.165) is 30.4 Å². The zero-order valence-electron chi connectivity index (χ0n) is 21.8. The molecule has 2 atom stereocenters. The summed E-state index contributed by atoms with van der Waals surface area (Å²) in [7, 11) is 0. The average molecular weight is 495 g/mol. The van der Waals surface area contributed by atoms with E-state index in [-0.39, 0.29) is 36.7 Å². The largest absolute Gasteiger partial charge is 0.376 e. The van der Waals surface area contributed by atoms with Crippen molar-refractivity contribution >= 4 is 23.5 Å². The van der Waals surface area contributed by atoms with Gasteiger partial charge in [-0.25, -0.2) is 4.98 Å². The number of amides is 3. The van der Waals surface area contributed by atoms with Gasteiger partial charge in [0.2, 0.25) is 17.7 Å². The van der Waals surface area contributed by atoms with E-state index < -0.39 is 11.6 Å². The van der Waals surface area contributed by atoms with Gasteiger partial charge in [0, 0.05) is 37.7 Å². The number of hydrogen-bond donors (Lipinski definition) is 2. The standard InChI is InChI=1S/C28H38N4O4/c1-5-28(3,4)31-27(35)26(21-13-11-20(2)12-14-21)32(19-22-9-8-18-36-22)25(34)16-15-24(33)30-23-10-6-7-17-29-23/h6-7,10-14,17,22,26H,5,8-9,15-16,18-19H2,1-4H3,(H,31,35)(H,29,30,33)/t22-,26+/m0/s1. The van der Waals surface area contributed by atoms with Gasteiger partial charge in [-0.1, -0.05) is 42.8 Å². The van der Waals surface area contributed by atoms with Gasteiger partial charge in [0.25, 0.3) is 0 Å². The number of carbonyl (C=O) groups is 3. The van der Waals surface area contributed by atoms with Crippen molar-refractivity contribution in [3.63, 3.8) is 0 Å². The molecule has 2 N–H and O–H groups in total. The second kappa shape index (κ2) is 12.6. The fraction of sp³-hybridized carbons (Fsp3) is 0.500. The molecule has 1 aromatic heterocycles. The summed E-state index contributed by atoms with van der Waals surface area (Å²) in [6.07, 6.45) is 3.89. The van der Waals surface area contributed by atoms with E-state index in [0.29, 0.717) is 19.0 Å². The normalized spacial score (nSPS) is 16.3. The van der Waals surface area contributed by atoms with Crippen molar-refractivity contribution in [2.75, 3.05) is 18.5 Å². The van der Waals surface area contributed by atoms with E-state index in [4.69, 9.17) is 4.74 Å². The first kappa shape index (κ1) is 27.3. The number of benzene rings is 1. The van der Waals surface area contributed by atoms with Gasteiger partial charge in [-0.05, 0) is 57.7 Å². The first-order chi connectivity index (χ1) is 17.2. The van der Waals surface area contributed by atoms with Crippen LogP contribution < -0.4 is 10.6 Å². The highest BCUT2D eigenvalue weighted by Crippen LogP contribution is 2.27. The Bertz CT molecular complexity index is 1020. The number of hydrogen-bond acceptors (Lipinski definition) is 5. The molecule has 1 aliphatic rings. The van der Waals surface area contributed by atoms with Crippen LogP contribution in [0.1, 0.15) is 70.0 Å². The van der Waals surface area contributed by atoms with Crippen LogP contribution in [0.15, 0.2) is 48.7 Å². The number of pyridine rings is 1. The number of aromatic nitrogens is 1. The lowest BCUT2D eigenvalue weighted by Gasteiger charge is -2.35. The van der Waals surface area contributed by atoms with Gasteiger partial charge in [-0.3, -0.25) is 14.4 Å². The van der Waals surface area contributed by atoms with Crippen molar-refractivity contribution in [2.24, 2.45) is 0 Å². The minimum Gasteiger partial charge on any atom is -0.376 e. The molecule has 8 heteroatoms. The Balaban J connectivity index is 1.84. The third-order valence-corrected chi connectivity index (χ3v) is 6.54. The lowest BCUT2D eigenvalue weighted by atomic mass is 9.97. The molecule has 1 aromatic carbocycles. The minimum atomic E-state index is -0.827. The molecule has 2 heterocycles. The van der Waals surface area contributed by atoms with E-state index in [1.165, 1.54) is 0 Å². The van der Waals surface area contributed by atoms with Gasteiger partial charge in [0.15, 0.2) is 0 Å². The van der Waals surface area contributed by atoms with E-state index in [9.17, 15) is 14.4 Å². The Morgan fingerprint density at radius 1 is 1.14 bits per heavy atom. The fourth-order valence-electron chi connectivity index (χ4n) is 4.08. The molecule has 2 aromatic rings. The number of nitrogens with zero attached hydrogens (tertiary/aromatic N) is 2. The maximum Gasteiger partial charge on any atom is 0.247 e. The predicted molar refractivity (Wildman–Crippen MR) is 139 cm³/mol. The topological polar surface area (TPSA) is 101 Å². The number of ether oxygens (including phenoxy) is 1. The van der Waals surface area contributed by atoms with Crippen LogP contribution in [0.2, 0.25) is 0 Å². The number of carbonyl (C=O) groups excluding carboxylic acids is 3. The van der Waals surface area contributed by atoms with Crippen molar-refractivity contribution in [2.45, 2.75) is 77.5 Å². The summed E-state index contributed by atoms with van der Waals surface area (Å²) in [5.41, 5.74) is 1.37. The Hall–Kier alpha value is -3.26. The van der Waals surface area contributed by atoms with Gasteiger partial charge < -0.3 is 20.3 Å². The van der Waals surface area contributed by atoms with E-state index in [2.05, 4.69) is 15.6 Å².